The highest BCUT2D eigenvalue weighted by atomic mass is 79.9. The lowest BCUT2D eigenvalue weighted by Crippen LogP contribution is -2.12. The minimum absolute atomic E-state index is 0.0834. The van der Waals surface area contributed by atoms with Crippen molar-refractivity contribution in [1.29, 1.82) is 0 Å². The van der Waals surface area contributed by atoms with Crippen LogP contribution in [-0.2, 0) is 11.2 Å². The Morgan fingerprint density at radius 1 is 1.42 bits per heavy atom. The quantitative estimate of drug-likeness (QED) is 0.630. The first-order chi connectivity index (χ1) is 11.4. The van der Waals surface area contributed by atoms with Crippen molar-refractivity contribution in [2.45, 2.75) is 40.0 Å². The van der Waals surface area contributed by atoms with E-state index in [4.69, 9.17) is 16.3 Å². The van der Waals surface area contributed by atoms with Gasteiger partial charge in [-0.05, 0) is 59.8 Å². The van der Waals surface area contributed by atoms with Crippen molar-refractivity contribution in [3.8, 4) is 5.75 Å². The predicted octanol–water partition coefficient (Wildman–Crippen LogP) is 4.93. The second-order valence-electron chi connectivity index (χ2n) is 5.30. The molecule has 0 aliphatic heterocycles. The van der Waals surface area contributed by atoms with Crippen molar-refractivity contribution in [3.63, 3.8) is 0 Å². The molecule has 0 saturated carbocycles. The molecule has 5 nitrogen and oxygen atoms in total. The topological polar surface area (TPSA) is 64.1 Å². The van der Waals surface area contributed by atoms with Crippen LogP contribution in [0.15, 0.2) is 10.5 Å². The Hall–Kier alpha value is -1.18. The van der Waals surface area contributed by atoms with Crippen molar-refractivity contribution in [2.75, 3.05) is 11.9 Å². The molecule has 1 aromatic heterocycles. The Kier molecular flexibility index (Phi) is 7.01. The van der Waals surface area contributed by atoms with Crippen LogP contribution in [0.4, 0.5) is 5.13 Å². The van der Waals surface area contributed by atoms with Gasteiger partial charge in [0.2, 0.25) is 11.0 Å². The number of halogens is 2. The first-order valence-corrected chi connectivity index (χ1v) is 9.61. The number of aromatic nitrogens is 2. The van der Waals surface area contributed by atoms with Gasteiger partial charge < -0.3 is 10.1 Å². The van der Waals surface area contributed by atoms with E-state index in [9.17, 15) is 4.79 Å². The molecular formula is C16H19BrClN3O2S. The van der Waals surface area contributed by atoms with E-state index in [-0.39, 0.29) is 5.91 Å². The van der Waals surface area contributed by atoms with Crippen molar-refractivity contribution in [2.24, 2.45) is 0 Å². The molecule has 0 bridgehead atoms. The zero-order chi connectivity index (χ0) is 17.7. The number of amides is 1. The van der Waals surface area contributed by atoms with Crippen LogP contribution in [0, 0.1) is 13.8 Å². The highest BCUT2D eigenvalue weighted by Crippen LogP contribution is 2.35. The highest BCUT2D eigenvalue weighted by molar-refractivity contribution is 9.10. The average molecular weight is 433 g/mol. The fourth-order valence-electron chi connectivity index (χ4n) is 2.05. The molecule has 0 aliphatic carbocycles. The van der Waals surface area contributed by atoms with Gasteiger partial charge in [0, 0.05) is 11.4 Å². The first kappa shape index (κ1) is 19.1. The van der Waals surface area contributed by atoms with Crippen LogP contribution in [0.1, 0.15) is 35.9 Å². The van der Waals surface area contributed by atoms with Gasteiger partial charge >= 0.3 is 0 Å². The summed E-state index contributed by atoms with van der Waals surface area (Å²) < 4.78 is 6.62. The van der Waals surface area contributed by atoms with Gasteiger partial charge in [-0.1, -0.05) is 29.9 Å². The van der Waals surface area contributed by atoms with Crippen molar-refractivity contribution < 1.29 is 9.53 Å². The van der Waals surface area contributed by atoms with E-state index in [0.29, 0.717) is 24.6 Å². The second-order valence-corrected chi connectivity index (χ2v) is 7.53. The average Bonchev–Trinajstić information content (AvgIpc) is 3.01. The molecule has 0 saturated heterocycles. The third-order valence-electron chi connectivity index (χ3n) is 3.39. The monoisotopic (exact) mass is 431 g/mol. The molecular weight excluding hydrogens is 414 g/mol. The Bertz CT molecular complexity index is 736. The molecule has 1 aromatic carbocycles. The third kappa shape index (κ3) is 4.91. The number of hydrogen-bond acceptors (Lipinski definition) is 5. The number of carbonyl (C=O) groups excluding carboxylic acids is 1. The summed E-state index contributed by atoms with van der Waals surface area (Å²) in [5.74, 6) is 0.659. The molecule has 130 valence electrons. The Labute approximate surface area is 158 Å². The number of aryl methyl sites for hydroxylation is 2. The van der Waals surface area contributed by atoms with E-state index >= 15 is 0 Å². The maximum atomic E-state index is 11.9. The van der Waals surface area contributed by atoms with Crippen molar-refractivity contribution in [1.82, 2.24) is 10.2 Å². The number of nitrogens with zero attached hydrogens (tertiary/aromatic N) is 2. The number of nitrogens with one attached hydrogen (secondary N) is 1. The molecule has 1 amide bonds. The second kappa shape index (κ2) is 8.78. The number of rotatable bonds is 7. The van der Waals surface area contributed by atoms with Gasteiger partial charge in [0.15, 0.2) is 0 Å². The summed E-state index contributed by atoms with van der Waals surface area (Å²) in [5.41, 5.74) is 1.92. The Morgan fingerprint density at radius 2 is 2.17 bits per heavy atom. The first-order valence-electron chi connectivity index (χ1n) is 7.62. The Balaban J connectivity index is 1.79. The van der Waals surface area contributed by atoms with E-state index in [2.05, 4.69) is 31.4 Å². The molecule has 0 atom stereocenters. The van der Waals surface area contributed by atoms with Crippen molar-refractivity contribution in [3.05, 3.63) is 31.7 Å². The fourth-order valence-corrected chi connectivity index (χ4v) is 3.43. The molecule has 0 radical (unpaired) electrons. The van der Waals surface area contributed by atoms with E-state index in [0.717, 1.165) is 37.8 Å². The van der Waals surface area contributed by atoms with Crippen molar-refractivity contribution >= 4 is 49.9 Å². The minimum Gasteiger partial charge on any atom is -0.492 e. The van der Waals surface area contributed by atoms with Crippen LogP contribution in [0.5, 0.6) is 5.75 Å². The molecule has 1 heterocycles. The third-order valence-corrected chi connectivity index (χ3v) is 5.94. The van der Waals surface area contributed by atoms with Gasteiger partial charge in [0.25, 0.3) is 0 Å². The molecule has 0 aliphatic rings. The zero-order valence-corrected chi connectivity index (χ0v) is 16.9. The molecule has 0 fully saturated rings. The molecule has 0 unspecified atom stereocenters. The van der Waals surface area contributed by atoms with E-state index in [1.165, 1.54) is 11.3 Å². The Morgan fingerprint density at radius 3 is 2.83 bits per heavy atom. The van der Waals surface area contributed by atoms with Crippen LogP contribution in [0.25, 0.3) is 0 Å². The minimum atomic E-state index is -0.0834. The van der Waals surface area contributed by atoms with Crippen LogP contribution in [0.3, 0.4) is 0 Å². The lowest BCUT2D eigenvalue weighted by atomic mass is 10.1. The number of ether oxygens (including phenoxy) is 1. The number of benzene rings is 1. The van der Waals surface area contributed by atoms with E-state index in [1.807, 2.05) is 26.8 Å². The molecule has 8 heteroatoms. The largest absolute Gasteiger partial charge is 0.492 e. The van der Waals surface area contributed by atoms with Gasteiger partial charge in [0.05, 0.1) is 11.1 Å². The number of anilines is 1. The summed E-state index contributed by atoms with van der Waals surface area (Å²) in [6.45, 7) is 6.33. The number of hydrogen-bond donors (Lipinski definition) is 1. The maximum absolute atomic E-state index is 11.9. The predicted molar refractivity (Wildman–Crippen MR) is 101 cm³/mol. The van der Waals surface area contributed by atoms with Crippen LogP contribution in [0.2, 0.25) is 5.02 Å². The van der Waals surface area contributed by atoms with Crippen LogP contribution >= 0.6 is 38.9 Å². The normalized spacial score (nSPS) is 10.7. The van der Waals surface area contributed by atoms with Gasteiger partial charge in [0.1, 0.15) is 10.8 Å². The van der Waals surface area contributed by atoms with Gasteiger partial charge in [-0.15, -0.1) is 10.2 Å². The summed E-state index contributed by atoms with van der Waals surface area (Å²) in [5, 5.41) is 12.8. The van der Waals surface area contributed by atoms with Gasteiger partial charge in [-0.25, -0.2) is 0 Å². The molecule has 2 aromatic rings. The van der Waals surface area contributed by atoms with E-state index in [1.54, 1.807) is 0 Å². The molecule has 24 heavy (non-hydrogen) atoms. The van der Waals surface area contributed by atoms with Gasteiger partial charge in [-0.3, -0.25) is 4.79 Å². The smallest absolute Gasteiger partial charge is 0.226 e. The fraction of sp³-hybridized carbons (Fsp3) is 0.438. The molecule has 0 spiro atoms. The zero-order valence-electron chi connectivity index (χ0n) is 13.8. The van der Waals surface area contributed by atoms with Crippen LogP contribution < -0.4 is 10.1 Å². The number of carbonyl (C=O) groups is 1. The summed E-state index contributed by atoms with van der Waals surface area (Å²) >= 11 is 11.1. The highest BCUT2D eigenvalue weighted by Gasteiger charge is 2.11. The lowest BCUT2D eigenvalue weighted by molar-refractivity contribution is -0.116. The maximum Gasteiger partial charge on any atom is 0.226 e. The van der Waals surface area contributed by atoms with Crippen LogP contribution in [-0.4, -0.2) is 22.7 Å². The van der Waals surface area contributed by atoms with Gasteiger partial charge in [-0.2, -0.15) is 0 Å². The summed E-state index contributed by atoms with van der Waals surface area (Å²) in [6, 6.07) is 1.90. The summed E-state index contributed by atoms with van der Waals surface area (Å²) in [7, 11) is 0. The summed E-state index contributed by atoms with van der Waals surface area (Å²) in [4.78, 5) is 11.9. The lowest BCUT2D eigenvalue weighted by Gasteiger charge is -2.13. The van der Waals surface area contributed by atoms with E-state index < -0.39 is 0 Å². The molecule has 1 N–H and O–H groups in total. The molecule has 2 rings (SSSR count). The standard InChI is InChI=1S/C16H19BrClN3O2S/c1-4-13-20-21-16(24-13)19-12(22)6-5-7-23-11-8-9(2)15(18)10(3)14(11)17/h8H,4-7H2,1-3H3,(H,19,21,22). The summed E-state index contributed by atoms with van der Waals surface area (Å²) in [6.07, 6.45) is 1.79. The SMILES string of the molecule is CCc1nnc(NC(=O)CCCOc2cc(C)c(Cl)c(C)c2Br)s1.